The Labute approximate surface area is 90.4 Å². The van der Waals surface area contributed by atoms with Gasteiger partial charge in [-0.1, -0.05) is 6.92 Å². The van der Waals surface area contributed by atoms with Crippen molar-refractivity contribution in [2.45, 2.75) is 26.7 Å². The number of carbonyl (C=O) groups is 2. The van der Waals surface area contributed by atoms with Crippen LogP contribution in [0, 0.1) is 11.8 Å². The zero-order valence-corrected chi connectivity index (χ0v) is 9.41. The fourth-order valence-electron chi connectivity index (χ4n) is 1.95. The van der Waals surface area contributed by atoms with Crippen molar-refractivity contribution in [3.63, 3.8) is 0 Å². The van der Waals surface area contributed by atoms with Gasteiger partial charge in [0.25, 0.3) is 0 Å². The third-order valence-electron chi connectivity index (χ3n) is 2.70. The normalized spacial score (nSPS) is 25.6. The van der Waals surface area contributed by atoms with Crippen molar-refractivity contribution in [2.24, 2.45) is 11.8 Å². The molecule has 1 saturated carbocycles. The molecule has 0 aromatic carbocycles. The molecule has 1 rings (SSSR count). The molecule has 1 fully saturated rings. The van der Waals surface area contributed by atoms with Crippen LogP contribution >= 0.6 is 0 Å². The molecule has 0 spiro atoms. The Balaban J connectivity index is 2.42. The van der Waals surface area contributed by atoms with Gasteiger partial charge in [-0.2, -0.15) is 0 Å². The Morgan fingerprint density at radius 3 is 2.87 bits per heavy atom. The summed E-state index contributed by atoms with van der Waals surface area (Å²) < 4.78 is 4.87. The number of esters is 1. The van der Waals surface area contributed by atoms with E-state index in [0.29, 0.717) is 25.4 Å². The molecule has 4 nitrogen and oxygen atoms in total. The molecule has 0 amide bonds. The van der Waals surface area contributed by atoms with Crippen LogP contribution in [0.25, 0.3) is 0 Å². The van der Waals surface area contributed by atoms with Crippen molar-refractivity contribution in [2.75, 3.05) is 19.7 Å². The number of rotatable bonds is 5. The van der Waals surface area contributed by atoms with Crippen molar-refractivity contribution in [1.29, 1.82) is 0 Å². The highest BCUT2D eigenvalue weighted by atomic mass is 16.5. The first kappa shape index (κ1) is 12.2. The predicted molar refractivity (Wildman–Crippen MR) is 56.4 cm³/mol. The van der Waals surface area contributed by atoms with Crippen molar-refractivity contribution >= 4 is 11.8 Å². The number of ether oxygens (including phenoxy) is 1. The fourth-order valence-corrected chi connectivity index (χ4v) is 1.95. The number of ketones is 1. The SMILES string of the molecule is CCNCC1CC(=O)C(C(=O)OCC)C1. The number of nitrogens with one attached hydrogen (secondary N) is 1. The molecule has 0 saturated heterocycles. The summed E-state index contributed by atoms with van der Waals surface area (Å²) in [6, 6.07) is 0. The molecule has 2 unspecified atom stereocenters. The molecule has 1 aliphatic rings. The first-order valence-electron chi connectivity index (χ1n) is 5.59. The molecule has 2 atom stereocenters. The largest absolute Gasteiger partial charge is 0.465 e. The molecule has 0 radical (unpaired) electrons. The summed E-state index contributed by atoms with van der Waals surface area (Å²) in [4.78, 5) is 22.9. The molecule has 15 heavy (non-hydrogen) atoms. The molecule has 86 valence electrons. The maximum atomic E-state index is 11.5. The molecule has 0 aromatic rings. The van der Waals surface area contributed by atoms with Crippen LogP contribution in [0.5, 0.6) is 0 Å². The summed E-state index contributed by atoms with van der Waals surface area (Å²) in [6.07, 6.45) is 1.15. The maximum absolute atomic E-state index is 11.5. The molecule has 1 N–H and O–H groups in total. The lowest BCUT2D eigenvalue weighted by molar-refractivity contribution is -0.150. The molecule has 0 bridgehead atoms. The van der Waals surface area contributed by atoms with Gasteiger partial charge in [-0.25, -0.2) is 0 Å². The molecule has 4 heteroatoms. The third-order valence-corrected chi connectivity index (χ3v) is 2.70. The Bertz CT molecular complexity index is 240. The lowest BCUT2D eigenvalue weighted by Crippen LogP contribution is -2.22. The van der Waals surface area contributed by atoms with Gasteiger partial charge in [0, 0.05) is 6.42 Å². The summed E-state index contributed by atoms with van der Waals surface area (Å²) >= 11 is 0. The highest BCUT2D eigenvalue weighted by Gasteiger charge is 2.37. The van der Waals surface area contributed by atoms with E-state index in [9.17, 15) is 9.59 Å². The van der Waals surface area contributed by atoms with Crippen LogP contribution < -0.4 is 5.32 Å². The second-order valence-corrected chi connectivity index (χ2v) is 3.88. The van der Waals surface area contributed by atoms with Crippen LogP contribution in [0.2, 0.25) is 0 Å². The van der Waals surface area contributed by atoms with Crippen molar-refractivity contribution in [3.8, 4) is 0 Å². The van der Waals surface area contributed by atoms with Crippen LogP contribution in [-0.2, 0) is 14.3 Å². The third kappa shape index (κ3) is 3.30. The molecule has 1 aliphatic carbocycles. The van der Waals surface area contributed by atoms with E-state index in [1.54, 1.807) is 6.92 Å². The molecule has 0 aliphatic heterocycles. The standard InChI is InChI=1S/C11H19NO3/c1-3-12-7-8-5-9(10(13)6-8)11(14)15-4-2/h8-9,12H,3-7H2,1-2H3. The topological polar surface area (TPSA) is 55.4 Å². The second kappa shape index (κ2) is 5.85. The lowest BCUT2D eigenvalue weighted by Gasteiger charge is -2.09. The summed E-state index contributed by atoms with van der Waals surface area (Å²) in [5, 5.41) is 3.20. The van der Waals surface area contributed by atoms with E-state index in [1.807, 2.05) is 6.92 Å². The van der Waals surface area contributed by atoms with Gasteiger partial charge in [0.05, 0.1) is 6.61 Å². The smallest absolute Gasteiger partial charge is 0.316 e. The maximum Gasteiger partial charge on any atom is 0.316 e. The minimum absolute atomic E-state index is 0.0383. The van der Waals surface area contributed by atoms with Gasteiger partial charge in [0.2, 0.25) is 0 Å². The van der Waals surface area contributed by atoms with Crippen LogP contribution in [-0.4, -0.2) is 31.4 Å². The quantitative estimate of drug-likeness (QED) is 0.541. The van der Waals surface area contributed by atoms with Gasteiger partial charge < -0.3 is 10.1 Å². The summed E-state index contributed by atoms with van der Waals surface area (Å²) in [7, 11) is 0. The van der Waals surface area contributed by atoms with E-state index < -0.39 is 5.92 Å². The first-order chi connectivity index (χ1) is 7.19. The Morgan fingerprint density at radius 1 is 1.53 bits per heavy atom. The molecule has 0 heterocycles. The Morgan fingerprint density at radius 2 is 2.27 bits per heavy atom. The Kier molecular flexibility index (Phi) is 4.75. The minimum atomic E-state index is -0.506. The van der Waals surface area contributed by atoms with Crippen LogP contribution in [0.4, 0.5) is 0 Å². The van der Waals surface area contributed by atoms with E-state index in [0.717, 1.165) is 13.1 Å². The highest BCUT2D eigenvalue weighted by molar-refractivity contribution is 6.00. The number of carbonyl (C=O) groups excluding carboxylic acids is 2. The van der Waals surface area contributed by atoms with Crippen molar-refractivity contribution < 1.29 is 14.3 Å². The molecule has 0 aromatic heterocycles. The van der Waals surface area contributed by atoms with Gasteiger partial charge in [-0.05, 0) is 32.4 Å². The summed E-state index contributed by atoms with van der Waals surface area (Å²) in [5.74, 6) is -0.515. The zero-order chi connectivity index (χ0) is 11.3. The van der Waals surface area contributed by atoms with Crippen molar-refractivity contribution in [1.82, 2.24) is 5.32 Å². The summed E-state index contributed by atoms with van der Waals surface area (Å²) in [6.45, 7) is 5.85. The van der Waals surface area contributed by atoms with Gasteiger partial charge in [0.1, 0.15) is 11.7 Å². The molecular formula is C11H19NO3. The second-order valence-electron chi connectivity index (χ2n) is 3.88. The van der Waals surface area contributed by atoms with Gasteiger partial charge in [0.15, 0.2) is 0 Å². The van der Waals surface area contributed by atoms with Gasteiger partial charge in [-0.15, -0.1) is 0 Å². The fraction of sp³-hybridized carbons (Fsp3) is 0.818. The van der Waals surface area contributed by atoms with Crippen LogP contribution in [0.3, 0.4) is 0 Å². The predicted octanol–water partition coefficient (Wildman–Crippen LogP) is 0.754. The number of hydrogen-bond acceptors (Lipinski definition) is 4. The molecular weight excluding hydrogens is 194 g/mol. The van der Waals surface area contributed by atoms with Crippen molar-refractivity contribution in [3.05, 3.63) is 0 Å². The van der Waals surface area contributed by atoms with E-state index in [4.69, 9.17) is 4.74 Å². The number of hydrogen-bond donors (Lipinski definition) is 1. The monoisotopic (exact) mass is 213 g/mol. The Hall–Kier alpha value is -0.900. The van der Waals surface area contributed by atoms with E-state index in [1.165, 1.54) is 0 Å². The highest BCUT2D eigenvalue weighted by Crippen LogP contribution is 2.28. The van der Waals surface area contributed by atoms with Gasteiger partial charge in [-0.3, -0.25) is 9.59 Å². The van der Waals surface area contributed by atoms with Crippen LogP contribution in [0.15, 0.2) is 0 Å². The van der Waals surface area contributed by atoms with E-state index in [2.05, 4.69) is 5.32 Å². The summed E-state index contributed by atoms with van der Waals surface area (Å²) in [5.41, 5.74) is 0. The van der Waals surface area contributed by atoms with Crippen LogP contribution in [0.1, 0.15) is 26.7 Å². The van der Waals surface area contributed by atoms with Gasteiger partial charge >= 0.3 is 5.97 Å². The van der Waals surface area contributed by atoms with E-state index >= 15 is 0 Å². The zero-order valence-electron chi connectivity index (χ0n) is 9.41. The lowest BCUT2D eigenvalue weighted by atomic mass is 10.1. The average molecular weight is 213 g/mol. The minimum Gasteiger partial charge on any atom is -0.465 e. The first-order valence-corrected chi connectivity index (χ1v) is 5.59. The number of Topliss-reactive ketones (excluding diaryl/α,β-unsaturated/α-hetero) is 1. The van der Waals surface area contributed by atoms with E-state index in [-0.39, 0.29) is 11.8 Å². The average Bonchev–Trinajstić information content (AvgIpc) is 2.57.